The maximum atomic E-state index is 12.9. The van der Waals surface area contributed by atoms with Gasteiger partial charge >= 0.3 is 0 Å². The molecular formula is C22H27N3O4S. The van der Waals surface area contributed by atoms with E-state index in [1.54, 1.807) is 17.1 Å². The third-order valence-electron chi connectivity index (χ3n) is 5.62. The Morgan fingerprint density at radius 2 is 1.90 bits per heavy atom. The zero-order chi connectivity index (χ0) is 21.3. The Bertz CT molecular complexity index is 1060. The van der Waals surface area contributed by atoms with Crippen LogP contribution in [0.1, 0.15) is 34.3 Å². The molecule has 4 rings (SSSR count). The van der Waals surface area contributed by atoms with Crippen molar-refractivity contribution < 1.29 is 17.9 Å². The minimum absolute atomic E-state index is 0.00797. The molecule has 2 aromatic rings. The van der Waals surface area contributed by atoms with Gasteiger partial charge in [0, 0.05) is 31.0 Å². The minimum Gasteiger partial charge on any atom is -0.381 e. The Kier molecular flexibility index (Phi) is 5.81. The molecule has 2 N–H and O–H groups in total. The van der Waals surface area contributed by atoms with Gasteiger partial charge in [-0.15, -0.1) is 0 Å². The van der Waals surface area contributed by atoms with E-state index >= 15 is 0 Å². The number of carbonyl (C=O) groups excluding carboxylic acids is 1. The van der Waals surface area contributed by atoms with Crippen LogP contribution in [0.5, 0.6) is 0 Å². The highest BCUT2D eigenvalue weighted by Gasteiger charge is 2.30. The fourth-order valence-corrected chi connectivity index (χ4v) is 4.68. The first-order valence-corrected chi connectivity index (χ1v) is 12.0. The SMILES string of the molecule is Cc1cc(-c2cccc(NS(C)(=O)=O)c2)cc2c1C(=O)N(NCC1CCOCC1)C2. The highest BCUT2D eigenvalue weighted by atomic mass is 32.2. The molecule has 30 heavy (non-hydrogen) atoms. The van der Waals surface area contributed by atoms with Gasteiger partial charge in [-0.1, -0.05) is 18.2 Å². The molecule has 0 unspecified atom stereocenters. The number of benzene rings is 2. The molecule has 2 aromatic carbocycles. The number of ether oxygens (including phenoxy) is 1. The van der Waals surface area contributed by atoms with E-state index in [-0.39, 0.29) is 5.91 Å². The highest BCUT2D eigenvalue weighted by molar-refractivity contribution is 7.92. The van der Waals surface area contributed by atoms with Gasteiger partial charge in [-0.25, -0.2) is 13.8 Å². The molecule has 0 aliphatic carbocycles. The number of nitrogens with one attached hydrogen (secondary N) is 2. The topological polar surface area (TPSA) is 87.7 Å². The second kappa shape index (κ2) is 8.37. The summed E-state index contributed by atoms with van der Waals surface area (Å²) in [6.07, 6.45) is 3.17. The summed E-state index contributed by atoms with van der Waals surface area (Å²) >= 11 is 0. The summed E-state index contributed by atoms with van der Waals surface area (Å²) in [6.45, 7) is 4.81. The molecule has 0 aromatic heterocycles. The Hall–Kier alpha value is -2.42. The van der Waals surface area contributed by atoms with E-state index in [2.05, 4.69) is 10.1 Å². The number of fused-ring (bicyclic) bond motifs is 1. The van der Waals surface area contributed by atoms with Crippen LogP contribution >= 0.6 is 0 Å². The lowest BCUT2D eigenvalue weighted by atomic mass is 9.96. The monoisotopic (exact) mass is 429 g/mol. The number of carbonyl (C=O) groups is 1. The molecule has 1 amide bonds. The van der Waals surface area contributed by atoms with E-state index < -0.39 is 10.0 Å². The number of anilines is 1. The molecule has 2 aliphatic rings. The van der Waals surface area contributed by atoms with Crippen LogP contribution in [0.3, 0.4) is 0 Å². The summed E-state index contributed by atoms with van der Waals surface area (Å²) in [5.74, 6) is 0.533. The van der Waals surface area contributed by atoms with Gasteiger partial charge < -0.3 is 4.74 Å². The zero-order valence-corrected chi connectivity index (χ0v) is 18.1. The number of hydrazine groups is 1. The lowest BCUT2D eigenvalue weighted by Crippen LogP contribution is -2.41. The average Bonchev–Trinajstić information content (AvgIpc) is 3.02. The van der Waals surface area contributed by atoms with Crippen molar-refractivity contribution in [3.05, 3.63) is 53.1 Å². The van der Waals surface area contributed by atoms with Crippen molar-refractivity contribution in [2.75, 3.05) is 30.7 Å². The average molecular weight is 430 g/mol. The van der Waals surface area contributed by atoms with Crippen LogP contribution in [0.25, 0.3) is 11.1 Å². The normalized spacial score (nSPS) is 17.3. The van der Waals surface area contributed by atoms with E-state index in [0.717, 1.165) is 66.7 Å². The zero-order valence-electron chi connectivity index (χ0n) is 17.3. The summed E-state index contributed by atoms with van der Waals surface area (Å²) in [6, 6.07) is 11.3. The van der Waals surface area contributed by atoms with Gasteiger partial charge in [-0.2, -0.15) is 0 Å². The lowest BCUT2D eigenvalue weighted by molar-refractivity contribution is 0.0502. The molecule has 7 nitrogen and oxygen atoms in total. The van der Waals surface area contributed by atoms with Gasteiger partial charge in [0.05, 0.1) is 12.8 Å². The summed E-state index contributed by atoms with van der Waals surface area (Å²) in [5, 5.41) is 1.71. The lowest BCUT2D eigenvalue weighted by Gasteiger charge is -2.25. The van der Waals surface area contributed by atoms with Crippen molar-refractivity contribution in [1.29, 1.82) is 0 Å². The number of nitrogens with zero attached hydrogens (tertiary/aromatic N) is 1. The summed E-state index contributed by atoms with van der Waals surface area (Å²) in [4.78, 5) is 12.9. The summed E-state index contributed by atoms with van der Waals surface area (Å²) in [5.41, 5.74) is 8.35. The molecule has 0 radical (unpaired) electrons. The molecular weight excluding hydrogens is 402 g/mol. The predicted octanol–water partition coefficient (Wildman–Crippen LogP) is 2.92. The summed E-state index contributed by atoms with van der Waals surface area (Å²) < 4.78 is 31.0. The Labute approximate surface area is 177 Å². The minimum atomic E-state index is -3.34. The third kappa shape index (κ3) is 4.66. The molecule has 2 aliphatic heterocycles. The molecule has 160 valence electrons. The maximum Gasteiger partial charge on any atom is 0.268 e. The van der Waals surface area contributed by atoms with Gasteiger partial charge in [0.25, 0.3) is 5.91 Å². The van der Waals surface area contributed by atoms with E-state index in [4.69, 9.17) is 4.74 Å². The number of rotatable bonds is 6. The van der Waals surface area contributed by atoms with Crippen molar-refractivity contribution in [3.8, 4) is 11.1 Å². The Morgan fingerprint density at radius 3 is 2.63 bits per heavy atom. The standard InChI is InChI=1S/C22H27N3O4S/c1-15-10-18(17-4-3-5-20(12-17)24-30(2,27)28)11-19-14-25(22(26)21(15)19)23-13-16-6-8-29-9-7-16/h3-5,10-12,16,23-24H,6-9,13-14H2,1-2H3. The highest BCUT2D eigenvalue weighted by Crippen LogP contribution is 2.32. The predicted molar refractivity (Wildman–Crippen MR) is 117 cm³/mol. The first-order valence-electron chi connectivity index (χ1n) is 10.1. The van der Waals surface area contributed by atoms with Gasteiger partial charge in [-0.3, -0.25) is 14.5 Å². The molecule has 2 heterocycles. The van der Waals surface area contributed by atoms with Crippen molar-refractivity contribution in [2.45, 2.75) is 26.3 Å². The van der Waals surface area contributed by atoms with E-state index in [1.807, 2.05) is 31.2 Å². The van der Waals surface area contributed by atoms with Crippen LogP contribution in [0.4, 0.5) is 5.69 Å². The van der Waals surface area contributed by atoms with Gasteiger partial charge in [0.15, 0.2) is 0 Å². The number of hydrogen-bond acceptors (Lipinski definition) is 5. The molecule has 0 bridgehead atoms. The Balaban J connectivity index is 1.53. The number of aryl methyl sites for hydroxylation is 1. The van der Waals surface area contributed by atoms with E-state index in [0.29, 0.717) is 18.2 Å². The van der Waals surface area contributed by atoms with Crippen molar-refractivity contribution >= 4 is 21.6 Å². The van der Waals surface area contributed by atoms with E-state index in [1.165, 1.54) is 0 Å². The smallest absolute Gasteiger partial charge is 0.268 e. The van der Waals surface area contributed by atoms with Crippen molar-refractivity contribution in [2.24, 2.45) is 5.92 Å². The Morgan fingerprint density at radius 1 is 1.13 bits per heavy atom. The quantitative estimate of drug-likeness (QED) is 0.737. The second-order valence-electron chi connectivity index (χ2n) is 8.09. The number of sulfonamides is 1. The molecule has 0 saturated carbocycles. The van der Waals surface area contributed by atoms with Crippen LogP contribution in [0.2, 0.25) is 0 Å². The third-order valence-corrected chi connectivity index (χ3v) is 6.22. The van der Waals surface area contributed by atoms with Crippen LogP contribution in [-0.2, 0) is 21.3 Å². The largest absolute Gasteiger partial charge is 0.381 e. The van der Waals surface area contributed by atoms with Crippen molar-refractivity contribution in [3.63, 3.8) is 0 Å². The number of amides is 1. The van der Waals surface area contributed by atoms with Crippen LogP contribution in [-0.4, -0.2) is 45.3 Å². The number of hydrogen-bond donors (Lipinski definition) is 2. The van der Waals surface area contributed by atoms with Gasteiger partial charge in [0.2, 0.25) is 10.0 Å². The van der Waals surface area contributed by atoms with Crippen molar-refractivity contribution in [1.82, 2.24) is 10.4 Å². The summed E-state index contributed by atoms with van der Waals surface area (Å²) in [7, 11) is -3.34. The first kappa shape index (κ1) is 20.8. The fraction of sp³-hybridized carbons (Fsp3) is 0.409. The van der Waals surface area contributed by atoms with Crippen LogP contribution in [0.15, 0.2) is 36.4 Å². The van der Waals surface area contributed by atoms with Gasteiger partial charge in [-0.05, 0) is 66.1 Å². The molecule has 1 saturated heterocycles. The molecule has 8 heteroatoms. The van der Waals surface area contributed by atoms with E-state index in [9.17, 15) is 13.2 Å². The second-order valence-corrected chi connectivity index (χ2v) is 9.84. The molecule has 1 fully saturated rings. The van der Waals surface area contributed by atoms with Crippen LogP contribution < -0.4 is 10.1 Å². The fourth-order valence-electron chi connectivity index (χ4n) is 4.13. The maximum absolute atomic E-state index is 12.9. The van der Waals surface area contributed by atoms with Gasteiger partial charge in [0.1, 0.15) is 0 Å². The molecule has 0 atom stereocenters. The first-order chi connectivity index (χ1) is 14.3. The van der Waals surface area contributed by atoms with Crippen LogP contribution in [0, 0.1) is 12.8 Å². The molecule has 0 spiro atoms.